The van der Waals surface area contributed by atoms with Crippen LogP contribution in [0.25, 0.3) is 0 Å². The van der Waals surface area contributed by atoms with Crippen molar-refractivity contribution < 1.29 is 19.1 Å². The summed E-state index contributed by atoms with van der Waals surface area (Å²) in [4.78, 5) is 34.5. The van der Waals surface area contributed by atoms with Crippen molar-refractivity contribution in [3.63, 3.8) is 0 Å². The standard InChI is InChI=1S/C12H25N5O4/c1-7(2)6-8(9(18)16-17-10(19)15-13)14-11(20)21-12(3,4)5/h7-8H,6,13H2,1-5H3,(H,14,20)(H,16,18)(H2,15,17,19)/t8-/m1/s1. The first-order valence-corrected chi connectivity index (χ1v) is 6.61. The fourth-order valence-electron chi connectivity index (χ4n) is 1.39. The molecular weight excluding hydrogens is 278 g/mol. The van der Waals surface area contributed by atoms with Crippen molar-refractivity contribution in [2.45, 2.75) is 52.7 Å². The first-order chi connectivity index (χ1) is 9.55. The number of nitrogens with one attached hydrogen (secondary N) is 4. The SMILES string of the molecule is CC(C)C[C@@H](NC(=O)OC(C)(C)C)C(=O)NNC(=O)NN. The molecule has 0 unspecified atom stereocenters. The maximum absolute atomic E-state index is 11.9. The Bertz CT molecular complexity index is 378. The lowest BCUT2D eigenvalue weighted by atomic mass is 10.0. The highest BCUT2D eigenvalue weighted by atomic mass is 16.6. The summed E-state index contributed by atoms with van der Waals surface area (Å²) < 4.78 is 5.10. The van der Waals surface area contributed by atoms with Gasteiger partial charge < -0.3 is 10.1 Å². The summed E-state index contributed by atoms with van der Waals surface area (Å²) in [6, 6.07) is -1.61. The maximum atomic E-state index is 11.9. The molecule has 0 fully saturated rings. The Morgan fingerprint density at radius 3 is 2.14 bits per heavy atom. The molecule has 0 aliphatic heterocycles. The van der Waals surface area contributed by atoms with Crippen LogP contribution in [0.1, 0.15) is 41.0 Å². The molecular formula is C12H25N5O4. The molecule has 0 aromatic rings. The van der Waals surface area contributed by atoms with E-state index in [0.717, 1.165) is 0 Å². The van der Waals surface area contributed by atoms with E-state index in [-0.39, 0.29) is 5.92 Å². The smallest absolute Gasteiger partial charge is 0.408 e. The van der Waals surface area contributed by atoms with E-state index in [1.807, 2.05) is 19.3 Å². The largest absolute Gasteiger partial charge is 0.444 e. The predicted octanol–water partition coefficient (Wildman–Crippen LogP) is 0.130. The van der Waals surface area contributed by atoms with Crippen molar-refractivity contribution in [2.24, 2.45) is 11.8 Å². The van der Waals surface area contributed by atoms with Gasteiger partial charge in [-0.3, -0.25) is 15.6 Å². The van der Waals surface area contributed by atoms with Gasteiger partial charge in [0, 0.05) is 0 Å². The number of carbonyl (C=O) groups excluding carboxylic acids is 3. The second-order valence-electron chi connectivity index (χ2n) is 5.92. The molecule has 0 heterocycles. The van der Waals surface area contributed by atoms with Crippen LogP contribution in [-0.2, 0) is 9.53 Å². The molecule has 0 bridgehead atoms. The summed E-state index contributed by atoms with van der Waals surface area (Å²) in [7, 11) is 0. The van der Waals surface area contributed by atoms with Gasteiger partial charge in [0.1, 0.15) is 11.6 Å². The first-order valence-electron chi connectivity index (χ1n) is 6.61. The highest BCUT2D eigenvalue weighted by molar-refractivity contribution is 5.87. The molecule has 9 nitrogen and oxygen atoms in total. The monoisotopic (exact) mass is 303 g/mol. The fraction of sp³-hybridized carbons (Fsp3) is 0.750. The molecule has 0 aliphatic carbocycles. The van der Waals surface area contributed by atoms with Crippen molar-refractivity contribution in [3.05, 3.63) is 0 Å². The average Bonchev–Trinajstić information content (AvgIpc) is 2.31. The fourth-order valence-corrected chi connectivity index (χ4v) is 1.39. The molecule has 0 rings (SSSR count). The number of urea groups is 1. The number of carbonyl (C=O) groups is 3. The average molecular weight is 303 g/mol. The molecule has 1 atom stereocenters. The van der Waals surface area contributed by atoms with Crippen molar-refractivity contribution in [2.75, 3.05) is 0 Å². The van der Waals surface area contributed by atoms with Crippen LogP contribution >= 0.6 is 0 Å². The molecule has 0 aromatic carbocycles. The van der Waals surface area contributed by atoms with Crippen molar-refractivity contribution >= 4 is 18.0 Å². The van der Waals surface area contributed by atoms with Crippen LogP contribution in [0.2, 0.25) is 0 Å². The van der Waals surface area contributed by atoms with E-state index >= 15 is 0 Å². The summed E-state index contributed by atoms with van der Waals surface area (Å²) in [5.41, 5.74) is 5.33. The van der Waals surface area contributed by atoms with E-state index in [4.69, 9.17) is 10.6 Å². The number of nitrogens with two attached hydrogens (primary N) is 1. The minimum Gasteiger partial charge on any atom is -0.444 e. The second kappa shape index (κ2) is 8.30. The van der Waals surface area contributed by atoms with Crippen LogP contribution < -0.4 is 27.4 Å². The summed E-state index contributed by atoms with van der Waals surface area (Å²) in [5, 5.41) is 2.47. The van der Waals surface area contributed by atoms with E-state index in [1.54, 1.807) is 26.2 Å². The molecule has 0 saturated heterocycles. The van der Waals surface area contributed by atoms with Gasteiger partial charge >= 0.3 is 12.1 Å². The van der Waals surface area contributed by atoms with Crippen molar-refractivity contribution in [3.8, 4) is 0 Å². The van der Waals surface area contributed by atoms with Crippen LogP contribution in [0.5, 0.6) is 0 Å². The summed E-state index contributed by atoms with van der Waals surface area (Å²) >= 11 is 0. The molecule has 4 amide bonds. The van der Waals surface area contributed by atoms with E-state index in [2.05, 4.69) is 10.7 Å². The second-order valence-corrected chi connectivity index (χ2v) is 5.92. The Morgan fingerprint density at radius 1 is 1.14 bits per heavy atom. The van der Waals surface area contributed by atoms with Gasteiger partial charge in [0.15, 0.2) is 0 Å². The lowest BCUT2D eigenvalue weighted by Gasteiger charge is -2.24. The molecule has 21 heavy (non-hydrogen) atoms. The lowest BCUT2D eigenvalue weighted by molar-refractivity contribution is -0.124. The van der Waals surface area contributed by atoms with Gasteiger partial charge in [-0.1, -0.05) is 13.8 Å². The Balaban J connectivity index is 4.60. The topological polar surface area (TPSA) is 135 Å². The minimum absolute atomic E-state index is 0.152. The maximum Gasteiger partial charge on any atom is 0.408 e. The van der Waals surface area contributed by atoms with Crippen LogP contribution in [0, 0.1) is 5.92 Å². The molecule has 0 aromatic heterocycles. The number of alkyl carbamates (subject to hydrolysis) is 1. The summed E-state index contributed by atoms with van der Waals surface area (Å²) in [5.74, 6) is 4.44. The van der Waals surface area contributed by atoms with Crippen LogP contribution in [0.15, 0.2) is 0 Å². The zero-order valence-corrected chi connectivity index (χ0v) is 13.1. The number of hydrazine groups is 2. The van der Waals surface area contributed by atoms with Gasteiger partial charge in [0.25, 0.3) is 5.91 Å². The number of hydrogen-bond acceptors (Lipinski definition) is 5. The van der Waals surface area contributed by atoms with Crippen molar-refractivity contribution in [1.82, 2.24) is 21.6 Å². The highest BCUT2D eigenvalue weighted by Gasteiger charge is 2.25. The van der Waals surface area contributed by atoms with E-state index < -0.39 is 29.7 Å². The third-order valence-electron chi connectivity index (χ3n) is 2.14. The molecule has 0 saturated carbocycles. The zero-order valence-electron chi connectivity index (χ0n) is 13.1. The Labute approximate surface area is 124 Å². The Morgan fingerprint density at radius 2 is 1.71 bits per heavy atom. The number of hydrogen-bond donors (Lipinski definition) is 5. The van der Waals surface area contributed by atoms with Crippen LogP contribution in [-0.4, -0.2) is 29.7 Å². The number of ether oxygens (including phenoxy) is 1. The highest BCUT2D eigenvalue weighted by Crippen LogP contribution is 2.09. The van der Waals surface area contributed by atoms with Gasteiger partial charge in [-0.25, -0.2) is 20.9 Å². The summed E-state index contributed by atoms with van der Waals surface area (Å²) in [6.07, 6.45) is -0.316. The predicted molar refractivity (Wildman–Crippen MR) is 76.6 cm³/mol. The van der Waals surface area contributed by atoms with E-state index in [9.17, 15) is 14.4 Å². The lowest BCUT2D eigenvalue weighted by Crippen LogP contribution is -2.55. The van der Waals surface area contributed by atoms with Crippen LogP contribution in [0.4, 0.5) is 9.59 Å². The molecule has 122 valence electrons. The normalized spacial score (nSPS) is 12.3. The zero-order chi connectivity index (χ0) is 16.6. The molecule has 9 heteroatoms. The van der Waals surface area contributed by atoms with Crippen LogP contribution in [0.3, 0.4) is 0 Å². The van der Waals surface area contributed by atoms with E-state index in [1.165, 1.54) is 0 Å². The first kappa shape index (κ1) is 19.0. The third kappa shape index (κ3) is 9.50. The third-order valence-corrected chi connectivity index (χ3v) is 2.14. The number of rotatable bonds is 4. The van der Waals surface area contributed by atoms with Crippen molar-refractivity contribution in [1.29, 1.82) is 0 Å². The molecule has 0 aliphatic rings. The van der Waals surface area contributed by atoms with Gasteiger partial charge in [-0.2, -0.15) is 0 Å². The molecule has 0 spiro atoms. The molecule has 0 radical (unpaired) electrons. The Kier molecular flexibility index (Phi) is 7.50. The van der Waals surface area contributed by atoms with Gasteiger partial charge in [0.2, 0.25) is 0 Å². The molecule has 6 N–H and O–H groups in total. The van der Waals surface area contributed by atoms with Gasteiger partial charge in [-0.05, 0) is 33.1 Å². The van der Waals surface area contributed by atoms with Gasteiger partial charge in [0.05, 0.1) is 0 Å². The van der Waals surface area contributed by atoms with Gasteiger partial charge in [-0.15, -0.1) is 0 Å². The Hall–Kier alpha value is -2.03. The van der Waals surface area contributed by atoms with E-state index in [0.29, 0.717) is 6.42 Å². The number of amides is 4. The minimum atomic E-state index is -0.835. The quantitative estimate of drug-likeness (QED) is 0.286. The summed E-state index contributed by atoms with van der Waals surface area (Å²) in [6.45, 7) is 8.96.